The molecule has 1 aromatic carbocycles. The van der Waals surface area contributed by atoms with Crippen molar-refractivity contribution in [3.05, 3.63) is 29.8 Å². The molecule has 0 spiro atoms. The van der Waals surface area contributed by atoms with Crippen LogP contribution in [-0.4, -0.2) is 33.8 Å². The van der Waals surface area contributed by atoms with Gasteiger partial charge in [-0.3, -0.25) is 9.00 Å². The van der Waals surface area contributed by atoms with Gasteiger partial charge < -0.3 is 10.1 Å². The first-order valence-electron chi connectivity index (χ1n) is 6.74. The van der Waals surface area contributed by atoms with Gasteiger partial charge >= 0.3 is 0 Å². The van der Waals surface area contributed by atoms with Crippen LogP contribution >= 0.6 is 0 Å². The van der Waals surface area contributed by atoms with E-state index in [0.717, 1.165) is 5.75 Å². The van der Waals surface area contributed by atoms with Gasteiger partial charge in [-0.25, -0.2) is 0 Å². The highest BCUT2D eigenvalue weighted by Gasteiger charge is 2.18. The zero-order valence-corrected chi connectivity index (χ0v) is 13.4. The van der Waals surface area contributed by atoms with Gasteiger partial charge in [0.05, 0.1) is 6.61 Å². The molecular formula is C15H23NO3S. The normalized spacial score (nSPS) is 12.8. The first-order valence-corrected chi connectivity index (χ1v) is 8.06. The van der Waals surface area contributed by atoms with Crippen LogP contribution in [0.25, 0.3) is 0 Å². The van der Waals surface area contributed by atoms with E-state index >= 15 is 0 Å². The third-order valence-corrected chi connectivity index (χ3v) is 4.62. The second-order valence-corrected chi connectivity index (χ2v) is 7.70. The summed E-state index contributed by atoms with van der Waals surface area (Å²) in [7, 11) is -0.951. The van der Waals surface area contributed by atoms with Gasteiger partial charge in [-0.15, -0.1) is 0 Å². The van der Waals surface area contributed by atoms with Crippen LogP contribution in [0.4, 0.5) is 0 Å². The van der Waals surface area contributed by atoms with Gasteiger partial charge in [0.15, 0.2) is 0 Å². The molecule has 0 radical (unpaired) electrons. The Bertz CT molecular complexity index is 463. The zero-order valence-electron chi connectivity index (χ0n) is 12.6. The number of nitrogens with one attached hydrogen (secondary N) is 1. The standard InChI is InChI=1S/C15H23NO3S/c1-5-19-13-8-6-12(7-9-13)14(17)16-10-11-20(18)15(2,3)4/h6-9H,5,10-11H2,1-4H3,(H,16,17). The number of rotatable bonds is 6. The van der Waals surface area contributed by atoms with Gasteiger partial charge in [0, 0.05) is 33.4 Å². The molecule has 112 valence electrons. The molecule has 1 atom stereocenters. The van der Waals surface area contributed by atoms with Crippen LogP contribution in [0, 0.1) is 0 Å². The van der Waals surface area contributed by atoms with Crippen molar-refractivity contribution in [2.45, 2.75) is 32.4 Å². The molecule has 1 rings (SSSR count). The molecule has 0 aliphatic rings. The molecule has 0 aliphatic heterocycles. The number of carbonyl (C=O) groups is 1. The van der Waals surface area contributed by atoms with Crippen LogP contribution < -0.4 is 10.1 Å². The van der Waals surface area contributed by atoms with Crippen LogP contribution in [0.1, 0.15) is 38.1 Å². The summed E-state index contributed by atoms with van der Waals surface area (Å²) < 4.78 is 16.9. The molecule has 1 aromatic rings. The first kappa shape index (κ1) is 16.7. The zero-order chi connectivity index (χ0) is 15.2. The van der Waals surface area contributed by atoms with Crippen molar-refractivity contribution in [2.75, 3.05) is 18.9 Å². The van der Waals surface area contributed by atoms with E-state index in [1.54, 1.807) is 24.3 Å². The maximum Gasteiger partial charge on any atom is 0.251 e. The number of hydrogen-bond acceptors (Lipinski definition) is 3. The van der Waals surface area contributed by atoms with E-state index in [2.05, 4.69) is 5.32 Å². The summed E-state index contributed by atoms with van der Waals surface area (Å²) in [5, 5.41) is 2.78. The minimum atomic E-state index is -0.951. The Morgan fingerprint density at radius 2 is 1.85 bits per heavy atom. The molecule has 4 nitrogen and oxygen atoms in total. The molecule has 0 fully saturated rings. The minimum absolute atomic E-state index is 0.154. The first-order chi connectivity index (χ1) is 9.34. The molecular weight excluding hydrogens is 274 g/mol. The van der Waals surface area contributed by atoms with E-state index in [9.17, 15) is 9.00 Å². The lowest BCUT2D eigenvalue weighted by Crippen LogP contribution is -2.32. The number of benzene rings is 1. The van der Waals surface area contributed by atoms with Crippen molar-refractivity contribution in [3.8, 4) is 5.75 Å². The highest BCUT2D eigenvalue weighted by atomic mass is 32.2. The van der Waals surface area contributed by atoms with Crippen LogP contribution in [0.15, 0.2) is 24.3 Å². The smallest absolute Gasteiger partial charge is 0.251 e. The predicted molar refractivity (Wildman–Crippen MR) is 82.7 cm³/mol. The summed E-state index contributed by atoms with van der Waals surface area (Å²) >= 11 is 0. The Morgan fingerprint density at radius 1 is 1.25 bits per heavy atom. The summed E-state index contributed by atoms with van der Waals surface area (Å²) in [5.41, 5.74) is 0.579. The van der Waals surface area contributed by atoms with Crippen LogP contribution in [-0.2, 0) is 10.8 Å². The topological polar surface area (TPSA) is 55.4 Å². The predicted octanol–water partition coefficient (Wildman–Crippen LogP) is 2.36. The van der Waals surface area contributed by atoms with Crippen LogP contribution in [0.5, 0.6) is 5.75 Å². The highest BCUT2D eigenvalue weighted by molar-refractivity contribution is 7.86. The Labute approximate surface area is 123 Å². The third-order valence-electron chi connectivity index (χ3n) is 2.68. The lowest BCUT2D eigenvalue weighted by molar-refractivity contribution is 0.0956. The summed E-state index contributed by atoms with van der Waals surface area (Å²) in [6.45, 7) is 8.71. The molecule has 0 saturated carbocycles. The van der Waals surface area contributed by atoms with E-state index in [0.29, 0.717) is 24.5 Å². The fourth-order valence-electron chi connectivity index (χ4n) is 1.53. The van der Waals surface area contributed by atoms with E-state index in [4.69, 9.17) is 4.74 Å². The fraction of sp³-hybridized carbons (Fsp3) is 0.533. The number of ether oxygens (including phenoxy) is 1. The Balaban J connectivity index is 2.45. The van der Waals surface area contributed by atoms with Crippen molar-refractivity contribution in [3.63, 3.8) is 0 Å². The SMILES string of the molecule is CCOc1ccc(C(=O)NCCS(=O)C(C)(C)C)cc1. The number of amides is 1. The molecule has 1 amide bonds. The summed E-state index contributed by atoms with van der Waals surface area (Å²) in [5.74, 6) is 1.06. The Kier molecular flexibility index (Phi) is 6.20. The molecule has 1 N–H and O–H groups in total. The van der Waals surface area contributed by atoms with Gasteiger partial charge in [0.2, 0.25) is 0 Å². The number of hydrogen-bond donors (Lipinski definition) is 1. The molecule has 20 heavy (non-hydrogen) atoms. The summed E-state index contributed by atoms with van der Waals surface area (Å²) in [4.78, 5) is 11.9. The molecule has 0 heterocycles. The van der Waals surface area contributed by atoms with Crippen LogP contribution in [0.2, 0.25) is 0 Å². The fourth-order valence-corrected chi connectivity index (χ4v) is 2.43. The lowest BCUT2D eigenvalue weighted by Gasteiger charge is -2.17. The van der Waals surface area contributed by atoms with Gasteiger partial charge in [-0.05, 0) is 52.0 Å². The van der Waals surface area contributed by atoms with Crippen molar-refractivity contribution in [1.82, 2.24) is 5.32 Å². The van der Waals surface area contributed by atoms with Gasteiger partial charge in [0.25, 0.3) is 5.91 Å². The van der Waals surface area contributed by atoms with Gasteiger partial charge in [-0.2, -0.15) is 0 Å². The molecule has 1 unspecified atom stereocenters. The van der Waals surface area contributed by atoms with Gasteiger partial charge in [0.1, 0.15) is 5.75 Å². The maximum atomic E-state index is 11.9. The average molecular weight is 297 g/mol. The van der Waals surface area contributed by atoms with E-state index in [-0.39, 0.29) is 10.7 Å². The number of carbonyl (C=O) groups excluding carboxylic acids is 1. The second kappa shape index (κ2) is 7.43. The van der Waals surface area contributed by atoms with Crippen molar-refractivity contribution >= 4 is 16.7 Å². The molecule has 5 heteroatoms. The highest BCUT2D eigenvalue weighted by Crippen LogP contribution is 2.12. The van der Waals surface area contributed by atoms with Crippen molar-refractivity contribution < 1.29 is 13.7 Å². The minimum Gasteiger partial charge on any atom is -0.494 e. The van der Waals surface area contributed by atoms with E-state index < -0.39 is 10.8 Å². The third kappa shape index (κ3) is 5.33. The lowest BCUT2D eigenvalue weighted by atomic mass is 10.2. The maximum absolute atomic E-state index is 11.9. The summed E-state index contributed by atoms with van der Waals surface area (Å²) in [6, 6.07) is 6.99. The molecule has 0 aliphatic carbocycles. The van der Waals surface area contributed by atoms with Crippen molar-refractivity contribution in [2.24, 2.45) is 0 Å². The average Bonchev–Trinajstić information content (AvgIpc) is 2.38. The largest absolute Gasteiger partial charge is 0.494 e. The van der Waals surface area contributed by atoms with Crippen molar-refractivity contribution in [1.29, 1.82) is 0 Å². The quantitative estimate of drug-likeness (QED) is 0.877. The van der Waals surface area contributed by atoms with Gasteiger partial charge in [-0.1, -0.05) is 0 Å². The molecule has 0 aromatic heterocycles. The summed E-state index contributed by atoms with van der Waals surface area (Å²) in [6.07, 6.45) is 0. The van der Waals surface area contributed by atoms with E-state index in [1.165, 1.54) is 0 Å². The second-order valence-electron chi connectivity index (χ2n) is 5.38. The monoisotopic (exact) mass is 297 g/mol. The molecule has 0 saturated heterocycles. The van der Waals surface area contributed by atoms with Crippen LogP contribution in [0.3, 0.4) is 0 Å². The molecule has 0 bridgehead atoms. The van der Waals surface area contributed by atoms with E-state index in [1.807, 2.05) is 27.7 Å². The Hall–Kier alpha value is -1.36. The Morgan fingerprint density at radius 3 is 2.35 bits per heavy atom.